The van der Waals surface area contributed by atoms with Gasteiger partial charge in [0.15, 0.2) is 5.43 Å². The molecule has 168 valence electrons. The minimum Gasteiger partial charge on any atom is -0.497 e. The van der Waals surface area contributed by atoms with Gasteiger partial charge in [-0.05, 0) is 42.5 Å². The highest BCUT2D eigenvalue weighted by atomic mass is 16.5. The van der Waals surface area contributed by atoms with E-state index in [9.17, 15) is 9.59 Å². The zero-order valence-electron chi connectivity index (χ0n) is 18.7. The number of ether oxygens (including phenoxy) is 2. The van der Waals surface area contributed by atoms with Crippen molar-refractivity contribution in [1.82, 2.24) is 9.47 Å². The number of benzene rings is 3. The summed E-state index contributed by atoms with van der Waals surface area (Å²) in [6, 6.07) is 20.3. The van der Waals surface area contributed by atoms with E-state index in [1.54, 1.807) is 43.1 Å². The fraction of sp³-hybridized carbons (Fsp3) is 0.231. The number of aromatic nitrogens is 1. The van der Waals surface area contributed by atoms with Crippen molar-refractivity contribution in [1.29, 1.82) is 0 Å². The van der Waals surface area contributed by atoms with E-state index in [4.69, 9.17) is 9.47 Å². The van der Waals surface area contributed by atoms with Crippen LogP contribution in [0.3, 0.4) is 0 Å². The Morgan fingerprint density at radius 3 is 2.21 bits per heavy atom. The summed E-state index contributed by atoms with van der Waals surface area (Å²) in [7, 11) is 3.22. The Bertz CT molecular complexity index is 1400. The van der Waals surface area contributed by atoms with Crippen LogP contribution in [0.4, 0.5) is 10.5 Å². The topological polar surface area (TPSA) is 64.0 Å². The number of amides is 1. The van der Waals surface area contributed by atoms with E-state index in [0.29, 0.717) is 53.7 Å². The van der Waals surface area contributed by atoms with E-state index in [0.717, 1.165) is 11.4 Å². The van der Waals surface area contributed by atoms with Crippen molar-refractivity contribution < 1.29 is 14.3 Å². The minimum atomic E-state index is -0.133. The van der Waals surface area contributed by atoms with Crippen molar-refractivity contribution in [3.05, 3.63) is 77.0 Å². The smallest absolute Gasteiger partial charge is 0.329 e. The maximum Gasteiger partial charge on any atom is 0.329 e. The van der Waals surface area contributed by atoms with Crippen LogP contribution in [0.25, 0.3) is 21.8 Å². The number of fused-ring (bicyclic) bond motifs is 2. The lowest BCUT2D eigenvalue weighted by Gasteiger charge is -2.36. The maximum absolute atomic E-state index is 13.8. The molecule has 2 heterocycles. The molecule has 4 aromatic rings. The maximum atomic E-state index is 13.8. The highest BCUT2D eigenvalue weighted by Gasteiger charge is 2.25. The molecule has 0 bridgehead atoms. The van der Waals surface area contributed by atoms with Crippen LogP contribution in [0.2, 0.25) is 0 Å². The van der Waals surface area contributed by atoms with Crippen molar-refractivity contribution in [2.75, 3.05) is 45.3 Å². The zero-order chi connectivity index (χ0) is 22.9. The molecule has 0 atom stereocenters. The summed E-state index contributed by atoms with van der Waals surface area (Å²) in [5, 5.41) is 0.984. The predicted octanol–water partition coefficient (Wildman–Crippen LogP) is 3.96. The Balaban J connectivity index is 1.51. The number of carbonyl (C=O) groups excluding carboxylic acids is 1. The Morgan fingerprint density at radius 2 is 1.45 bits per heavy atom. The molecule has 1 aliphatic heterocycles. The molecule has 0 spiro atoms. The molecule has 5 rings (SSSR count). The van der Waals surface area contributed by atoms with Gasteiger partial charge in [-0.1, -0.05) is 18.2 Å². The zero-order valence-corrected chi connectivity index (χ0v) is 18.7. The second kappa shape index (κ2) is 8.50. The molecule has 0 saturated carbocycles. The van der Waals surface area contributed by atoms with E-state index in [1.807, 2.05) is 41.3 Å². The highest BCUT2D eigenvalue weighted by Crippen LogP contribution is 2.25. The fourth-order valence-corrected chi connectivity index (χ4v) is 4.47. The summed E-state index contributed by atoms with van der Waals surface area (Å²) in [5.74, 6) is 1.40. The van der Waals surface area contributed by atoms with Gasteiger partial charge in [0, 0.05) is 43.3 Å². The van der Waals surface area contributed by atoms with E-state index in [2.05, 4.69) is 11.0 Å². The van der Waals surface area contributed by atoms with Crippen LogP contribution in [0.1, 0.15) is 0 Å². The van der Waals surface area contributed by atoms with E-state index < -0.39 is 0 Å². The van der Waals surface area contributed by atoms with Crippen molar-refractivity contribution in [3.63, 3.8) is 0 Å². The van der Waals surface area contributed by atoms with Crippen LogP contribution >= 0.6 is 0 Å². The van der Waals surface area contributed by atoms with Gasteiger partial charge in [0.25, 0.3) is 0 Å². The van der Waals surface area contributed by atoms with Crippen LogP contribution in [0, 0.1) is 0 Å². The summed E-state index contributed by atoms with van der Waals surface area (Å²) in [6.45, 7) is 2.58. The molecule has 0 aliphatic carbocycles. The average Bonchev–Trinajstić information content (AvgIpc) is 2.88. The van der Waals surface area contributed by atoms with Gasteiger partial charge in [-0.2, -0.15) is 0 Å². The Labute approximate surface area is 191 Å². The van der Waals surface area contributed by atoms with Crippen LogP contribution in [-0.2, 0) is 0 Å². The number of nitrogens with zero attached hydrogens (tertiary/aromatic N) is 3. The molecule has 7 heteroatoms. The van der Waals surface area contributed by atoms with Crippen molar-refractivity contribution in [2.24, 2.45) is 0 Å². The van der Waals surface area contributed by atoms with Crippen molar-refractivity contribution in [2.45, 2.75) is 0 Å². The summed E-state index contributed by atoms with van der Waals surface area (Å²) >= 11 is 0. The predicted molar refractivity (Wildman–Crippen MR) is 130 cm³/mol. The van der Waals surface area contributed by atoms with E-state index >= 15 is 0 Å². The van der Waals surface area contributed by atoms with Gasteiger partial charge < -0.3 is 19.3 Å². The Morgan fingerprint density at radius 1 is 0.758 bits per heavy atom. The third-order valence-electron chi connectivity index (χ3n) is 6.24. The lowest BCUT2D eigenvalue weighted by Crippen LogP contribution is -2.50. The van der Waals surface area contributed by atoms with Crippen LogP contribution in [0.15, 0.2) is 71.5 Å². The summed E-state index contributed by atoms with van der Waals surface area (Å²) < 4.78 is 12.3. The first-order chi connectivity index (χ1) is 16.1. The van der Waals surface area contributed by atoms with E-state index in [-0.39, 0.29) is 11.5 Å². The van der Waals surface area contributed by atoms with Gasteiger partial charge in [0.2, 0.25) is 0 Å². The van der Waals surface area contributed by atoms with Gasteiger partial charge in [-0.25, -0.2) is 4.79 Å². The second-order valence-corrected chi connectivity index (χ2v) is 8.02. The van der Waals surface area contributed by atoms with E-state index in [1.165, 1.54) is 0 Å². The number of hydrogen-bond acceptors (Lipinski definition) is 5. The third kappa shape index (κ3) is 3.65. The van der Waals surface area contributed by atoms with Crippen LogP contribution < -0.4 is 19.8 Å². The average molecular weight is 444 g/mol. The number of hydrogen-bond donors (Lipinski definition) is 0. The number of methoxy groups -OCH3 is 2. The van der Waals surface area contributed by atoms with Gasteiger partial charge in [-0.15, -0.1) is 0 Å². The van der Waals surface area contributed by atoms with Crippen molar-refractivity contribution in [3.8, 4) is 11.5 Å². The van der Waals surface area contributed by atoms with Gasteiger partial charge in [-0.3, -0.25) is 9.36 Å². The summed E-state index contributed by atoms with van der Waals surface area (Å²) in [5.41, 5.74) is 2.17. The molecule has 1 aliphatic rings. The monoisotopic (exact) mass is 443 g/mol. The van der Waals surface area contributed by atoms with Gasteiger partial charge in [0.05, 0.1) is 30.6 Å². The first-order valence-corrected chi connectivity index (χ1v) is 10.9. The molecule has 1 saturated heterocycles. The molecule has 1 fully saturated rings. The van der Waals surface area contributed by atoms with Crippen LogP contribution in [-0.4, -0.2) is 55.9 Å². The summed E-state index contributed by atoms with van der Waals surface area (Å²) in [6.07, 6.45) is 0. The lowest BCUT2D eigenvalue weighted by atomic mass is 10.1. The fourth-order valence-electron chi connectivity index (χ4n) is 4.47. The molecule has 0 radical (unpaired) electrons. The molecule has 0 unspecified atom stereocenters. The normalized spacial score (nSPS) is 14.0. The molecule has 0 N–H and O–H groups in total. The number of pyridine rings is 1. The largest absolute Gasteiger partial charge is 0.497 e. The molecule has 33 heavy (non-hydrogen) atoms. The molecule has 7 nitrogen and oxygen atoms in total. The number of para-hydroxylation sites is 1. The van der Waals surface area contributed by atoms with Gasteiger partial charge >= 0.3 is 6.03 Å². The number of piperazine rings is 1. The number of rotatable bonds is 3. The number of carbonyl (C=O) groups is 1. The Kier molecular flexibility index (Phi) is 5.38. The highest BCUT2D eigenvalue weighted by molar-refractivity contribution is 6.02. The lowest BCUT2D eigenvalue weighted by molar-refractivity contribution is 0.198. The third-order valence-corrected chi connectivity index (χ3v) is 6.24. The minimum absolute atomic E-state index is 0.105. The first-order valence-electron chi connectivity index (χ1n) is 10.9. The van der Waals surface area contributed by atoms with Crippen LogP contribution in [0.5, 0.6) is 11.5 Å². The Hall–Kier alpha value is -4.00. The molecule has 1 aromatic heterocycles. The molecular weight excluding hydrogens is 418 g/mol. The van der Waals surface area contributed by atoms with Crippen molar-refractivity contribution >= 4 is 33.5 Å². The molecule has 1 amide bonds. The van der Waals surface area contributed by atoms with Gasteiger partial charge in [0.1, 0.15) is 11.5 Å². The quantitative estimate of drug-likeness (QED) is 0.449. The summed E-state index contributed by atoms with van der Waals surface area (Å²) in [4.78, 5) is 31.0. The first kappa shape index (κ1) is 20.9. The standard InChI is InChI=1S/C26H25N3O4/c1-32-19-7-5-6-18(16-19)27-12-14-28(15-13-27)26(31)29-23-9-4-3-8-21(23)25(30)22-17-20(33-2)10-11-24(22)29/h3-11,16-17H,12-15H2,1-2H3. The molecule has 3 aromatic carbocycles. The SMILES string of the molecule is COc1cccc(N2CCN(C(=O)n3c4ccccc4c(=O)c4cc(OC)ccc43)CC2)c1. The number of anilines is 1. The molecular formula is C26H25N3O4. The second-order valence-electron chi connectivity index (χ2n) is 8.02.